The van der Waals surface area contributed by atoms with Gasteiger partial charge in [-0.15, -0.1) is 0 Å². The molecule has 2 aromatic carbocycles. The number of nitrogens with one attached hydrogen (secondary N) is 2. The number of aryl methyl sites for hydroxylation is 2. The molecule has 2 N–H and O–H groups in total. The molecular formula is C22H26N2O6. The Kier molecular flexibility index (Phi) is 8.22. The molecule has 0 heterocycles. The van der Waals surface area contributed by atoms with Crippen LogP contribution in [0.1, 0.15) is 38.3 Å². The fourth-order valence-electron chi connectivity index (χ4n) is 2.82. The van der Waals surface area contributed by atoms with Gasteiger partial charge in [0, 0.05) is 6.54 Å². The van der Waals surface area contributed by atoms with Crippen LogP contribution in [0.4, 0.5) is 10.5 Å². The van der Waals surface area contributed by atoms with Crippen LogP contribution in [-0.2, 0) is 9.47 Å². The molecule has 30 heavy (non-hydrogen) atoms. The topological polar surface area (TPSA) is 103 Å². The maximum Gasteiger partial charge on any atom is 0.339 e. The Morgan fingerprint density at radius 3 is 2.23 bits per heavy atom. The number of carbonyl (C=O) groups is 3. The number of para-hydroxylation sites is 1. The summed E-state index contributed by atoms with van der Waals surface area (Å²) < 4.78 is 15.2. The van der Waals surface area contributed by atoms with E-state index in [1.807, 2.05) is 32.0 Å². The number of rotatable bonds is 8. The lowest BCUT2D eigenvalue weighted by molar-refractivity contribution is 0.0587. The summed E-state index contributed by atoms with van der Waals surface area (Å²) >= 11 is 0. The number of esters is 2. The molecule has 0 fully saturated rings. The summed E-state index contributed by atoms with van der Waals surface area (Å²) in [7, 11) is 2.48. The van der Waals surface area contributed by atoms with Crippen molar-refractivity contribution < 1.29 is 28.6 Å². The second kappa shape index (κ2) is 10.8. The highest BCUT2D eigenvalue weighted by Crippen LogP contribution is 2.22. The minimum absolute atomic E-state index is 0.124. The number of hydrogen-bond acceptors (Lipinski definition) is 6. The second-order valence-electron chi connectivity index (χ2n) is 6.55. The van der Waals surface area contributed by atoms with Crippen LogP contribution in [0.5, 0.6) is 5.75 Å². The van der Waals surface area contributed by atoms with Crippen LogP contribution in [0.3, 0.4) is 0 Å². The molecule has 0 aliphatic heterocycles. The van der Waals surface area contributed by atoms with E-state index >= 15 is 0 Å². The Labute approximate surface area is 175 Å². The van der Waals surface area contributed by atoms with Crippen LogP contribution < -0.4 is 15.4 Å². The molecule has 0 atom stereocenters. The number of amides is 2. The molecule has 8 nitrogen and oxygen atoms in total. The lowest BCUT2D eigenvalue weighted by atomic mass is 10.1. The van der Waals surface area contributed by atoms with Crippen molar-refractivity contribution in [3.05, 3.63) is 58.7 Å². The van der Waals surface area contributed by atoms with Gasteiger partial charge in [0.25, 0.3) is 0 Å². The van der Waals surface area contributed by atoms with Crippen LogP contribution in [0.15, 0.2) is 36.4 Å². The fourth-order valence-corrected chi connectivity index (χ4v) is 2.82. The highest BCUT2D eigenvalue weighted by molar-refractivity contribution is 6.03. The van der Waals surface area contributed by atoms with Crippen LogP contribution in [0.25, 0.3) is 0 Å². The van der Waals surface area contributed by atoms with Gasteiger partial charge in [-0.25, -0.2) is 14.4 Å². The third-order valence-electron chi connectivity index (χ3n) is 4.36. The first-order valence-corrected chi connectivity index (χ1v) is 9.42. The molecule has 0 bridgehead atoms. The van der Waals surface area contributed by atoms with Crippen molar-refractivity contribution >= 4 is 23.7 Å². The van der Waals surface area contributed by atoms with Crippen molar-refractivity contribution in [3.63, 3.8) is 0 Å². The number of urea groups is 1. The largest absolute Gasteiger partial charge is 0.493 e. The number of methoxy groups -OCH3 is 2. The normalized spacial score (nSPS) is 10.1. The van der Waals surface area contributed by atoms with Crippen molar-refractivity contribution in [2.45, 2.75) is 20.3 Å². The van der Waals surface area contributed by atoms with E-state index < -0.39 is 18.0 Å². The Morgan fingerprint density at radius 1 is 0.933 bits per heavy atom. The number of carbonyl (C=O) groups excluding carboxylic acids is 3. The molecule has 0 aliphatic rings. The van der Waals surface area contributed by atoms with E-state index in [0.717, 1.165) is 16.9 Å². The first-order chi connectivity index (χ1) is 14.4. The molecule has 0 radical (unpaired) electrons. The quantitative estimate of drug-likeness (QED) is 0.506. The summed E-state index contributed by atoms with van der Waals surface area (Å²) in [6, 6.07) is 9.60. The number of ether oxygens (including phenoxy) is 3. The van der Waals surface area contributed by atoms with E-state index in [1.165, 1.54) is 32.4 Å². The maximum absolute atomic E-state index is 12.2. The monoisotopic (exact) mass is 414 g/mol. The average molecular weight is 414 g/mol. The standard InChI is InChI=1S/C22H26N2O6/c1-14-7-5-8-15(2)19(14)30-12-6-11-23-22(27)24-18-13-16(20(25)28-3)9-10-17(18)21(26)29-4/h5,7-10,13H,6,11-12H2,1-4H3,(H2,23,24,27). The zero-order chi connectivity index (χ0) is 22.1. The average Bonchev–Trinajstić information content (AvgIpc) is 2.74. The van der Waals surface area contributed by atoms with Crippen LogP contribution in [-0.4, -0.2) is 45.3 Å². The molecule has 2 aromatic rings. The third-order valence-corrected chi connectivity index (χ3v) is 4.36. The smallest absolute Gasteiger partial charge is 0.339 e. The Morgan fingerprint density at radius 2 is 1.60 bits per heavy atom. The van der Waals surface area contributed by atoms with Gasteiger partial charge in [0.15, 0.2) is 0 Å². The number of benzene rings is 2. The second-order valence-corrected chi connectivity index (χ2v) is 6.55. The Hall–Kier alpha value is -3.55. The molecule has 0 aromatic heterocycles. The molecule has 0 unspecified atom stereocenters. The zero-order valence-corrected chi connectivity index (χ0v) is 17.5. The van der Waals surface area contributed by atoms with Crippen LogP contribution in [0, 0.1) is 13.8 Å². The summed E-state index contributed by atoms with van der Waals surface area (Å²) in [4.78, 5) is 35.9. The van der Waals surface area contributed by atoms with Crippen molar-refractivity contribution in [2.24, 2.45) is 0 Å². The van der Waals surface area contributed by atoms with Crippen molar-refractivity contribution in [3.8, 4) is 5.75 Å². The molecule has 0 saturated carbocycles. The van der Waals surface area contributed by atoms with E-state index in [0.29, 0.717) is 19.6 Å². The van der Waals surface area contributed by atoms with Crippen LogP contribution >= 0.6 is 0 Å². The Bertz CT molecular complexity index is 906. The van der Waals surface area contributed by atoms with Gasteiger partial charge in [0.05, 0.1) is 37.6 Å². The van der Waals surface area contributed by atoms with Gasteiger partial charge in [-0.05, 0) is 49.6 Å². The van der Waals surface area contributed by atoms with Gasteiger partial charge < -0.3 is 24.8 Å². The van der Waals surface area contributed by atoms with Crippen molar-refractivity contribution in [1.29, 1.82) is 0 Å². The molecule has 2 rings (SSSR count). The van der Waals surface area contributed by atoms with Gasteiger partial charge >= 0.3 is 18.0 Å². The Balaban J connectivity index is 1.92. The highest BCUT2D eigenvalue weighted by Gasteiger charge is 2.17. The summed E-state index contributed by atoms with van der Waals surface area (Å²) in [5, 5.41) is 5.27. The lowest BCUT2D eigenvalue weighted by Gasteiger charge is -2.13. The van der Waals surface area contributed by atoms with Crippen molar-refractivity contribution in [1.82, 2.24) is 5.32 Å². The first kappa shape index (κ1) is 22.7. The summed E-state index contributed by atoms with van der Waals surface area (Å²) in [6.45, 7) is 4.77. The molecule has 0 saturated heterocycles. The molecule has 0 aliphatic carbocycles. The van der Waals surface area contributed by atoms with E-state index in [-0.39, 0.29) is 16.8 Å². The predicted octanol–water partition coefficient (Wildman–Crippen LogP) is 3.47. The molecule has 8 heteroatoms. The van der Waals surface area contributed by atoms with Gasteiger partial charge in [-0.3, -0.25) is 0 Å². The highest BCUT2D eigenvalue weighted by atomic mass is 16.5. The summed E-state index contributed by atoms with van der Waals surface area (Å²) in [5.74, 6) is -0.369. The minimum atomic E-state index is -0.635. The van der Waals surface area contributed by atoms with Crippen molar-refractivity contribution in [2.75, 3.05) is 32.7 Å². The molecule has 0 spiro atoms. The predicted molar refractivity (Wildman–Crippen MR) is 112 cm³/mol. The molecule has 160 valence electrons. The fraction of sp³-hybridized carbons (Fsp3) is 0.318. The summed E-state index contributed by atoms with van der Waals surface area (Å²) in [5.41, 5.74) is 2.58. The lowest BCUT2D eigenvalue weighted by Crippen LogP contribution is -2.31. The van der Waals surface area contributed by atoms with E-state index in [1.54, 1.807) is 0 Å². The SMILES string of the molecule is COC(=O)c1ccc(C(=O)OC)c(NC(=O)NCCCOc2c(C)cccc2C)c1. The summed E-state index contributed by atoms with van der Waals surface area (Å²) in [6.07, 6.45) is 0.591. The minimum Gasteiger partial charge on any atom is -0.493 e. The van der Waals surface area contributed by atoms with Gasteiger partial charge in [-0.1, -0.05) is 18.2 Å². The van der Waals surface area contributed by atoms with Gasteiger partial charge in [0.1, 0.15) is 5.75 Å². The van der Waals surface area contributed by atoms with E-state index in [4.69, 9.17) is 9.47 Å². The molecule has 2 amide bonds. The van der Waals surface area contributed by atoms with Gasteiger partial charge in [0.2, 0.25) is 0 Å². The van der Waals surface area contributed by atoms with E-state index in [2.05, 4.69) is 15.4 Å². The van der Waals surface area contributed by atoms with E-state index in [9.17, 15) is 14.4 Å². The van der Waals surface area contributed by atoms with Crippen LogP contribution in [0.2, 0.25) is 0 Å². The first-order valence-electron chi connectivity index (χ1n) is 9.42. The number of hydrogen-bond donors (Lipinski definition) is 2. The van der Waals surface area contributed by atoms with Gasteiger partial charge in [-0.2, -0.15) is 0 Å². The maximum atomic E-state index is 12.2. The zero-order valence-electron chi connectivity index (χ0n) is 17.5. The number of anilines is 1. The molecular weight excluding hydrogens is 388 g/mol. The third kappa shape index (κ3) is 5.97.